The van der Waals surface area contributed by atoms with Crippen molar-refractivity contribution < 1.29 is 13.2 Å². The van der Waals surface area contributed by atoms with Crippen LogP contribution in [0.3, 0.4) is 0 Å². The number of nitrogens with one attached hydrogen (secondary N) is 1. The van der Waals surface area contributed by atoms with Crippen LogP contribution in [0.5, 0.6) is 0 Å². The van der Waals surface area contributed by atoms with Gasteiger partial charge in [0.1, 0.15) is 0 Å². The highest BCUT2D eigenvalue weighted by Gasteiger charge is 2.25. The Morgan fingerprint density at radius 2 is 1.82 bits per heavy atom. The van der Waals surface area contributed by atoms with Crippen molar-refractivity contribution in [3.8, 4) is 0 Å². The van der Waals surface area contributed by atoms with Gasteiger partial charge in [0.05, 0.1) is 4.90 Å². The fourth-order valence-electron chi connectivity index (χ4n) is 2.52. The molecule has 6 nitrogen and oxygen atoms in total. The first-order chi connectivity index (χ1) is 10.4. The molecule has 7 heteroatoms. The molecule has 0 atom stereocenters. The summed E-state index contributed by atoms with van der Waals surface area (Å²) < 4.78 is 27.0. The van der Waals surface area contributed by atoms with Crippen LogP contribution in [0.1, 0.15) is 12.8 Å². The molecular weight excluding hydrogens is 302 g/mol. The average Bonchev–Trinajstić information content (AvgIpc) is 2.53. The average molecular weight is 325 g/mol. The van der Waals surface area contributed by atoms with Gasteiger partial charge in [-0.25, -0.2) is 17.9 Å². The minimum absolute atomic E-state index is 0.0170. The first-order valence-electron chi connectivity index (χ1n) is 7.41. The lowest BCUT2D eigenvalue weighted by atomic mass is 9.97. The lowest BCUT2D eigenvalue weighted by Gasteiger charge is -2.33. The number of carbonyl (C=O) groups excluding carboxylic acids is 1. The predicted molar refractivity (Wildman–Crippen MR) is 85.0 cm³/mol. The molecule has 0 bridgehead atoms. The maximum absolute atomic E-state index is 12.2. The van der Waals surface area contributed by atoms with Gasteiger partial charge in [-0.1, -0.05) is 18.2 Å². The Balaban J connectivity index is 1.83. The summed E-state index contributed by atoms with van der Waals surface area (Å²) >= 11 is 0. The van der Waals surface area contributed by atoms with Gasteiger partial charge in [0.15, 0.2) is 0 Å². The maximum Gasteiger partial charge on any atom is 0.319 e. The number of piperidine rings is 1. The summed E-state index contributed by atoms with van der Waals surface area (Å²) in [5.41, 5.74) is 0. The van der Waals surface area contributed by atoms with E-state index < -0.39 is 10.0 Å². The van der Waals surface area contributed by atoms with E-state index in [1.165, 1.54) is 0 Å². The summed E-state index contributed by atoms with van der Waals surface area (Å²) in [6.07, 6.45) is 1.63. The monoisotopic (exact) mass is 325 g/mol. The molecule has 0 radical (unpaired) electrons. The van der Waals surface area contributed by atoms with Crippen LogP contribution in [0.2, 0.25) is 0 Å². The highest BCUT2D eigenvalue weighted by Crippen LogP contribution is 2.18. The molecule has 0 spiro atoms. The molecule has 2 amide bonds. The Kier molecular flexibility index (Phi) is 5.42. The Morgan fingerprint density at radius 1 is 1.23 bits per heavy atom. The topological polar surface area (TPSA) is 69.7 Å². The van der Waals surface area contributed by atoms with Crippen LogP contribution in [0.15, 0.2) is 35.2 Å². The quantitative estimate of drug-likeness (QED) is 0.909. The van der Waals surface area contributed by atoms with Gasteiger partial charge in [-0.3, -0.25) is 0 Å². The molecule has 0 aromatic heterocycles. The summed E-state index contributed by atoms with van der Waals surface area (Å²) in [6.45, 7) is 1.77. The van der Waals surface area contributed by atoms with E-state index in [2.05, 4.69) is 4.72 Å². The fourth-order valence-corrected chi connectivity index (χ4v) is 3.66. The second-order valence-corrected chi connectivity index (χ2v) is 7.54. The molecule has 0 aliphatic carbocycles. The number of likely N-dealkylation sites (tertiary alicyclic amines) is 1. The number of amides is 2. The highest BCUT2D eigenvalue weighted by atomic mass is 32.2. The van der Waals surface area contributed by atoms with Gasteiger partial charge >= 0.3 is 6.03 Å². The normalized spacial score (nSPS) is 16.5. The SMILES string of the molecule is CN(C)C(=O)N1CCC(CNS(=O)(=O)c2ccccc2)CC1. The van der Waals surface area contributed by atoms with E-state index >= 15 is 0 Å². The maximum atomic E-state index is 12.2. The number of sulfonamides is 1. The van der Waals surface area contributed by atoms with Crippen molar-refractivity contribution in [2.75, 3.05) is 33.7 Å². The van der Waals surface area contributed by atoms with Crippen LogP contribution in [0, 0.1) is 5.92 Å². The Morgan fingerprint density at radius 3 is 2.36 bits per heavy atom. The second kappa shape index (κ2) is 7.11. The molecule has 122 valence electrons. The summed E-state index contributed by atoms with van der Waals surface area (Å²) in [6, 6.07) is 8.39. The predicted octanol–water partition coefficient (Wildman–Crippen LogP) is 1.36. The number of rotatable bonds is 4. The van der Waals surface area contributed by atoms with Gasteiger partial charge in [-0.2, -0.15) is 0 Å². The molecule has 1 N–H and O–H groups in total. The second-order valence-electron chi connectivity index (χ2n) is 5.77. The van der Waals surface area contributed by atoms with E-state index in [1.54, 1.807) is 49.3 Å². The highest BCUT2D eigenvalue weighted by molar-refractivity contribution is 7.89. The largest absolute Gasteiger partial charge is 0.331 e. The number of carbonyl (C=O) groups is 1. The summed E-state index contributed by atoms with van der Waals surface area (Å²) in [7, 11) is 0.0353. The van der Waals surface area contributed by atoms with Crippen molar-refractivity contribution in [3.63, 3.8) is 0 Å². The summed E-state index contributed by atoms with van der Waals surface area (Å²) in [4.78, 5) is 15.5. The number of benzene rings is 1. The summed E-state index contributed by atoms with van der Waals surface area (Å²) in [5, 5.41) is 0. The zero-order valence-electron chi connectivity index (χ0n) is 13.0. The van der Waals surface area contributed by atoms with Gasteiger partial charge in [0.25, 0.3) is 0 Å². The minimum atomic E-state index is -3.44. The minimum Gasteiger partial charge on any atom is -0.331 e. The first kappa shape index (κ1) is 16.8. The standard InChI is InChI=1S/C15H23N3O3S/c1-17(2)15(19)18-10-8-13(9-11-18)12-16-22(20,21)14-6-4-3-5-7-14/h3-7,13,16H,8-12H2,1-2H3. The Labute approximate surface area is 132 Å². The van der Waals surface area contributed by atoms with Crippen molar-refractivity contribution in [2.24, 2.45) is 5.92 Å². The van der Waals surface area contributed by atoms with Crippen LogP contribution in [0.4, 0.5) is 4.79 Å². The van der Waals surface area contributed by atoms with Crippen molar-refractivity contribution in [1.29, 1.82) is 0 Å². The number of urea groups is 1. The molecule has 1 aromatic rings. The first-order valence-corrected chi connectivity index (χ1v) is 8.89. The van der Waals surface area contributed by atoms with Gasteiger partial charge in [0, 0.05) is 33.7 Å². The lowest BCUT2D eigenvalue weighted by molar-refractivity contribution is 0.148. The molecule has 1 saturated heterocycles. The van der Waals surface area contributed by atoms with E-state index in [-0.39, 0.29) is 16.8 Å². The molecule has 1 fully saturated rings. The van der Waals surface area contributed by atoms with Crippen LogP contribution in [-0.2, 0) is 10.0 Å². The van der Waals surface area contributed by atoms with E-state index in [4.69, 9.17) is 0 Å². The Hall–Kier alpha value is -1.60. The number of hydrogen-bond donors (Lipinski definition) is 1. The molecule has 22 heavy (non-hydrogen) atoms. The van der Waals surface area contributed by atoms with Crippen LogP contribution >= 0.6 is 0 Å². The Bertz CT molecular complexity index is 594. The molecule has 0 unspecified atom stereocenters. The van der Waals surface area contributed by atoms with Gasteiger partial charge < -0.3 is 9.80 Å². The zero-order valence-corrected chi connectivity index (χ0v) is 13.8. The van der Waals surface area contributed by atoms with Crippen LogP contribution < -0.4 is 4.72 Å². The van der Waals surface area contributed by atoms with Gasteiger partial charge in [-0.15, -0.1) is 0 Å². The summed E-state index contributed by atoms with van der Waals surface area (Å²) in [5.74, 6) is 0.268. The lowest BCUT2D eigenvalue weighted by Crippen LogP contribution is -2.45. The van der Waals surface area contributed by atoms with Gasteiger partial charge in [0.2, 0.25) is 10.0 Å². The van der Waals surface area contributed by atoms with E-state index in [1.807, 2.05) is 4.90 Å². The molecule has 1 heterocycles. The van der Waals surface area contributed by atoms with Crippen LogP contribution in [-0.4, -0.2) is 58.0 Å². The number of nitrogens with zero attached hydrogens (tertiary/aromatic N) is 2. The van der Waals surface area contributed by atoms with Crippen LogP contribution in [0.25, 0.3) is 0 Å². The van der Waals surface area contributed by atoms with E-state index in [0.717, 1.165) is 12.8 Å². The third kappa shape index (κ3) is 4.20. The van der Waals surface area contributed by atoms with Crippen molar-refractivity contribution in [1.82, 2.24) is 14.5 Å². The molecule has 1 aromatic carbocycles. The molecule has 0 saturated carbocycles. The van der Waals surface area contributed by atoms with Crippen molar-refractivity contribution in [2.45, 2.75) is 17.7 Å². The third-order valence-electron chi connectivity index (χ3n) is 3.88. The fraction of sp³-hybridized carbons (Fsp3) is 0.533. The van der Waals surface area contributed by atoms with E-state index in [0.29, 0.717) is 19.6 Å². The zero-order chi connectivity index (χ0) is 16.2. The number of hydrogen-bond acceptors (Lipinski definition) is 3. The molecule has 1 aliphatic rings. The molecular formula is C15H23N3O3S. The van der Waals surface area contributed by atoms with Crippen molar-refractivity contribution in [3.05, 3.63) is 30.3 Å². The molecule has 2 rings (SSSR count). The van der Waals surface area contributed by atoms with E-state index in [9.17, 15) is 13.2 Å². The van der Waals surface area contributed by atoms with Gasteiger partial charge in [-0.05, 0) is 30.9 Å². The smallest absolute Gasteiger partial charge is 0.319 e. The molecule has 1 aliphatic heterocycles. The van der Waals surface area contributed by atoms with Crippen molar-refractivity contribution >= 4 is 16.1 Å². The third-order valence-corrected chi connectivity index (χ3v) is 5.32.